The van der Waals surface area contributed by atoms with E-state index in [1.54, 1.807) is 0 Å². The van der Waals surface area contributed by atoms with Crippen LogP contribution in [0.1, 0.15) is 142 Å². The Kier molecular flexibility index (Phi) is 24.6. The van der Waals surface area contributed by atoms with E-state index in [2.05, 4.69) is 31.9 Å². The van der Waals surface area contributed by atoms with Gasteiger partial charge in [-0.05, 0) is 86.4 Å². The molecular weight excluding hydrogens is 731 g/mol. The second-order valence-electron chi connectivity index (χ2n) is 18.7. The summed E-state index contributed by atoms with van der Waals surface area (Å²) >= 11 is 0. The Hall–Kier alpha value is -3.75. The highest BCUT2D eigenvalue weighted by Crippen LogP contribution is 2.15. The minimum atomic E-state index is -1.17. The van der Waals surface area contributed by atoms with Gasteiger partial charge in [-0.15, -0.1) is 0 Å². The number of rotatable bonds is 27. The summed E-state index contributed by atoms with van der Waals surface area (Å²) in [6.45, 7) is 26.5. The molecule has 0 aliphatic rings. The third-order valence-electron chi connectivity index (χ3n) is 9.08. The summed E-state index contributed by atoms with van der Waals surface area (Å²) in [4.78, 5) is 93.7. The fourth-order valence-electron chi connectivity index (χ4n) is 6.46. The van der Waals surface area contributed by atoms with E-state index in [9.17, 15) is 38.7 Å². The number of aliphatic carboxylic acids is 1. The third-order valence-corrected chi connectivity index (χ3v) is 9.08. The van der Waals surface area contributed by atoms with Gasteiger partial charge in [-0.2, -0.15) is 0 Å². The standard InChI is InChI=1S/C42H79N7O8/c1-22(2)15-29(43)36(50)44-30(16-23(3)4)37(51)45-31(17-24(5)6)38(52)46-32(18-25(7)8)39(53)47-33(19-26(9)10)40(54)48-34(20-27(11)12)41(55)49-35(42(56)57)21-28(13)14/h22-35H,15-21,43H2,1-14H3,(H,44,50)(H,45,51)(H,46,52)(H,47,53)(H,48,54)(H,49,55)(H,56,57)/t29-,30-,31-,32-,33-,34-,35-/m0/s1/i39+1. The molecule has 0 aromatic heterocycles. The first-order chi connectivity index (χ1) is 26.2. The molecule has 15 heteroatoms. The summed E-state index contributed by atoms with van der Waals surface area (Å²) in [5.74, 6) is -4.54. The summed E-state index contributed by atoms with van der Waals surface area (Å²) in [5.41, 5.74) is 6.10. The van der Waals surface area contributed by atoms with Crippen LogP contribution in [0.5, 0.6) is 0 Å². The second-order valence-corrected chi connectivity index (χ2v) is 18.7. The molecule has 15 nitrogen and oxygen atoms in total. The van der Waals surface area contributed by atoms with Crippen LogP contribution in [0.4, 0.5) is 0 Å². The van der Waals surface area contributed by atoms with Gasteiger partial charge in [0.25, 0.3) is 0 Å². The van der Waals surface area contributed by atoms with Crippen LogP contribution in [0.2, 0.25) is 0 Å². The lowest BCUT2D eigenvalue weighted by atomic mass is 9.98. The maximum absolute atomic E-state index is 14.0. The summed E-state index contributed by atoms with van der Waals surface area (Å²) < 4.78 is 0. The molecule has 6 amide bonds. The number of nitrogens with one attached hydrogen (secondary N) is 6. The molecule has 0 fully saturated rings. The molecule has 0 radical (unpaired) electrons. The van der Waals surface area contributed by atoms with Gasteiger partial charge in [-0.3, -0.25) is 28.8 Å². The molecule has 0 rings (SSSR count). The fourth-order valence-corrected chi connectivity index (χ4v) is 6.46. The SMILES string of the molecule is CC(C)C[C@H](NC(=O)[C@H](CC(C)C)NC(=O)[C@H](CC(C)C)N[13C](=O)[C@H](CC(C)C)NC(=O)[C@H](CC(C)C)NC(=O)[C@H](CC(C)C)NC(=O)[C@@H](N)CC(C)C)C(=O)O. The Morgan fingerprint density at radius 2 is 0.509 bits per heavy atom. The van der Waals surface area contributed by atoms with Crippen molar-refractivity contribution in [1.82, 2.24) is 31.9 Å². The predicted molar refractivity (Wildman–Crippen MR) is 223 cm³/mol. The highest BCUT2D eigenvalue weighted by atomic mass is 16.4. The average Bonchev–Trinajstić information content (AvgIpc) is 3.04. The van der Waals surface area contributed by atoms with Gasteiger partial charge in [0.05, 0.1) is 6.04 Å². The average molecular weight is 811 g/mol. The molecule has 57 heavy (non-hydrogen) atoms. The monoisotopic (exact) mass is 811 g/mol. The topological polar surface area (TPSA) is 238 Å². The first-order valence-electron chi connectivity index (χ1n) is 21.0. The smallest absolute Gasteiger partial charge is 0.326 e. The number of carboxylic acids is 1. The molecule has 0 saturated carbocycles. The molecular formula is C42H79N7O8. The number of carbonyl (C=O) groups excluding carboxylic acids is 6. The maximum Gasteiger partial charge on any atom is 0.326 e. The van der Waals surface area contributed by atoms with E-state index in [-0.39, 0.29) is 73.5 Å². The van der Waals surface area contributed by atoms with Crippen molar-refractivity contribution in [1.29, 1.82) is 0 Å². The summed E-state index contributed by atoms with van der Waals surface area (Å²) in [6, 6.07) is -7.11. The number of hydrogen-bond donors (Lipinski definition) is 8. The summed E-state index contributed by atoms with van der Waals surface area (Å²) in [7, 11) is 0. The lowest BCUT2D eigenvalue weighted by Gasteiger charge is -2.29. The van der Waals surface area contributed by atoms with Crippen molar-refractivity contribution in [2.75, 3.05) is 0 Å². The van der Waals surface area contributed by atoms with E-state index in [4.69, 9.17) is 5.73 Å². The van der Waals surface area contributed by atoms with E-state index < -0.39 is 83.7 Å². The third kappa shape index (κ3) is 22.7. The molecule has 0 spiro atoms. The van der Waals surface area contributed by atoms with Gasteiger partial charge in [-0.1, -0.05) is 96.9 Å². The van der Waals surface area contributed by atoms with Crippen molar-refractivity contribution in [3.05, 3.63) is 0 Å². The lowest BCUT2D eigenvalue weighted by molar-refractivity contribution is -0.143. The van der Waals surface area contributed by atoms with Crippen LogP contribution in [0.15, 0.2) is 0 Å². The summed E-state index contributed by atoms with van der Waals surface area (Å²) in [6.07, 6.45) is 1.89. The molecule has 0 bridgehead atoms. The number of hydrogen-bond acceptors (Lipinski definition) is 8. The van der Waals surface area contributed by atoms with Gasteiger partial charge in [0.15, 0.2) is 0 Å². The van der Waals surface area contributed by atoms with Gasteiger partial charge >= 0.3 is 5.97 Å². The highest BCUT2D eigenvalue weighted by Gasteiger charge is 2.35. The quantitative estimate of drug-likeness (QED) is 0.0565. The Morgan fingerprint density at radius 1 is 0.333 bits per heavy atom. The van der Waals surface area contributed by atoms with Crippen molar-refractivity contribution in [2.24, 2.45) is 47.2 Å². The number of carbonyl (C=O) groups is 7. The zero-order valence-corrected chi connectivity index (χ0v) is 37.4. The van der Waals surface area contributed by atoms with Crippen molar-refractivity contribution in [3.8, 4) is 0 Å². The van der Waals surface area contributed by atoms with Gasteiger partial charge in [-0.25, -0.2) is 4.79 Å². The van der Waals surface area contributed by atoms with Crippen LogP contribution < -0.4 is 37.6 Å². The van der Waals surface area contributed by atoms with E-state index >= 15 is 0 Å². The van der Waals surface area contributed by atoms with Crippen molar-refractivity contribution in [3.63, 3.8) is 0 Å². The van der Waals surface area contributed by atoms with Crippen molar-refractivity contribution >= 4 is 41.4 Å². The first-order valence-corrected chi connectivity index (χ1v) is 21.0. The molecule has 330 valence electrons. The molecule has 0 aromatic carbocycles. The Balaban J connectivity index is 6.36. The van der Waals surface area contributed by atoms with E-state index in [0.29, 0.717) is 12.8 Å². The molecule has 9 N–H and O–H groups in total. The van der Waals surface area contributed by atoms with Crippen LogP contribution in [-0.2, 0) is 33.6 Å². The number of carboxylic acid groups (broad SMARTS) is 1. The molecule has 0 aromatic rings. The normalized spacial score (nSPS) is 15.5. The molecule has 0 saturated heterocycles. The van der Waals surface area contributed by atoms with Crippen LogP contribution in [0.3, 0.4) is 0 Å². The Morgan fingerprint density at radius 3 is 0.702 bits per heavy atom. The minimum absolute atomic E-state index is 0.000266. The van der Waals surface area contributed by atoms with Crippen molar-refractivity contribution < 1.29 is 38.7 Å². The van der Waals surface area contributed by atoms with Crippen LogP contribution >= 0.6 is 0 Å². The Labute approximate surface area is 342 Å². The predicted octanol–water partition coefficient (Wildman–Crippen LogP) is 3.63. The minimum Gasteiger partial charge on any atom is -0.480 e. The Bertz CT molecular complexity index is 1300. The molecule has 0 aliphatic carbocycles. The summed E-state index contributed by atoms with van der Waals surface area (Å²) in [5, 5.41) is 26.3. The fraction of sp³-hybridized carbons (Fsp3) is 0.833. The molecule has 0 heterocycles. The van der Waals surface area contributed by atoms with Crippen LogP contribution in [-0.4, -0.2) is 88.8 Å². The van der Waals surface area contributed by atoms with Crippen LogP contribution in [0.25, 0.3) is 0 Å². The zero-order chi connectivity index (χ0) is 44.3. The highest BCUT2D eigenvalue weighted by molar-refractivity contribution is 5.97. The van der Waals surface area contributed by atoms with E-state index in [1.807, 2.05) is 96.9 Å². The van der Waals surface area contributed by atoms with E-state index in [0.717, 1.165) is 0 Å². The number of amides is 6. The maximum atomic E-state index is 14.0. The largest absolute Gasteiger partial charge is 0.480 e. The molecule has 0 unspecified atom stereocenters. The van der Waals surface area contributed by atoms with Gasteiger partial charge in [0, 0.05) is 0 Å². The van der Waals surface area contributed by atoms with Gasteiger partial charge in [0.2, 0.25) is 35.4 Å². The molecule has 7 atom stereocenters. The second kappa shape index (κ2) is 26.3. The molecule has 0 aliphatic heterocycles. The van der Waals surface area contributed by atoms with Crippen molar-refractivity contribution in [2.45, 2.75) is 184 Å². The van der Waals surface area contributed by atoms with Gasteiger partial charge in [0.1, 0.15) is 36.3 Å². The van der Waals surface area contributed by atoms with E-state index in [1.165, 1.54) is 0 Å². The van der Waals surface area contributed by atoms with Crippen LogP contribution in [0, 0.1) is 41.4 Å². The lowest BCUT2D eigenvalue weighted by Crippen LogP contribution is -2.60. The first kappa shape index (κ1) is 53.2. The zero-order valence-electron chi connectivity index (χ0n) is 37.4. The van der Waals surface area contributed by atoms with Gasteiger partial charge < -0.3 is 42.7 Å². The number of nitrogens with two attached hydrogens (primary N) is 1.